The lowest BCUT2D eigenvalue weighted by atomic mass is 10.0. The average Bonchev–Trinajstić information content (AvgIpc) is 3.11. The van der Waals surface area contributed by atoms with Crippen molar-refractivity contribution in [3.05, 3.63) is 93.7 Å². The number of rotatable bonds is 3. The van der Waals surface area contributed by atoms with Crippen molar-refractivity contribution in [2.75, 3.05) is 0 Å². The second kappa shape index (κ2) is 6.92. The molecule has 27 heavy (non-hydrogen) atoms. The van der Waals surface area contributed by atoms with Crippen LogP contribution < -0.4 is 0 Å². The van der Waals surface area contributed by atoms with Gasteiger partial charge in [0.05, 0.1) is 16.7 Å². The molecule has 0 bridgehead atoms. The van der Waals surface area contributed by atoms with E-state index < -0.39 is 0 Å². The minimum atomic E-state index is -0.305. The lowest BCUT2D eigenvalue weighted by Crippen LogP contribution is -2.00. The molecule has 0 saturated heterocycles. The van der Waals surface area contributed by atoms with Crippen LogP contribution in [0.1, 0.15) is 21.7 Å². The molecule has 1 heterocycles. The van der Waals surface area contributed by atoms with Gasteiger partial charge in [0.2, 0.25) is 5.78 Å². The molecule has 0 aliphatic heterocycles. The van der Waals surface area contributed by atoms with Crippen molar-refractivity contribution in [2.45, 2.75) is 0 Å². The van der Waals surface area contributed by atoms with E-state index in [1.54, 1.807) is 24.3 Å². The highest BCUT2D eigenvalue weighted by Crippen LogP contribution is 2.30. The number of hydrogen-bond donors (Lipinski definition) is 0. The number of furan rings is 1. The van der Waals surface area contributed by atoms with E-state index in [0.29, 0.717) is 21.7 Å². The summed E-state index contributed by atoms with van der Waals surface area (Å²) in [6.07, 6.45) is 0. The molecule has 0 fully saturated rings. The van der Waals surface area contributed by atoms with Crippen LogP contribution in [0.5, 0.6) is 0 Å². The Hall–Kier alpha value is -3.06. The maximum atomic E-state index is 12.7. The summed E-state index contributed by atoms with van der Waals surface area (Å²) in [6, 6.07) is 21.5. The van der Waals surface area contributed by atoms with Crippen LogP contribution in [0.2, 0.25) is 10.0 Å². The molecule has 0 atom stereocenters. The first-order valence-corrected chi connectivity index (χ1v) is 8.84. The van der Waals surface area contributed by atoms with Crippen LogP contribution in [0.25, 0.3) is 22.1 Å². The number of nitriles is 1. The lowest BCUT2D eigenvalue weighted by Gasteiger charge is -2.02. The van der Waals surface area contributed by atoms with E-state index in [1.807, 2.05) is 36.4 Å². The van der Waals surface area contributed by atoms with Crippen LogP contribution >= 0.6 is 23.2 Å². The normalized spacial score (nSPS) is 10.7. The second-order valence-electron chi connectivity index (χ2n) is 6.01. The fraction of sp³-hybridized carbons (Fsp3) is 0. The van der Waals surface area contributed by atoms with Crippen LogP contribution in [0.15, 0.2) is 71.1 Å². The molecule has 0 spiro atoms. The zero-order valence-corrected chi connectivity index (χ0v) is 15.4. The largest absolute Gasteiger partial charge is 0.453 e. The van der Waals surface area contributed by atoms with E-state index >= 15 is 0 Å². The van der Waals surface area contributed by atoms with Crippen LogP contribution in [0.4, 0.5) is 0 Å². The van der Waals surface area contributed by atoms with Gasteiger partial charge < -0.3 is 4.42 Å². The van der Waals surface area contributed by atoms with Gasteiger partial charge in [0.1, 0.15) is 5.58 Å². The van der Waals surface area contributed by atoms with Crippen molar-refractivity contribution < 1.29 is 9.21 Å². The smallest absolute Gasteiger partial charge is 0.229 e. The van der Waals surface area contributed by atoms with Crippen molar-refractivity contribution in [1.29, 1.82) is 5.26 Å². The molecule has 1 aromatic heterocycles. The molecule has 3 aromatic carbocycles. The van der Waals surface area contributed by atoms with Crippen molar-refractivity contribution in [1.82, 2.24) is 0 Å². The minimum absolute atomic E-state index is 0.206. The van der Waals surface area contributed by atoms with Gasteiger partial charge in [0, 0.05) is 16.0 Å². The Kier molecular flexibility index (Phi) is 4.45. The Morgan fingerprint density at radius 2 is 1.74 bits per heavy atom. The molecule has 130 valence electrons. The summed E-state index contributed by atoms with van der Waals surface area (Å²) >= 11 is 12.0. The number of fused-ring (bicyclic) bond motifs is 1. The van der Waals surface area contributed by atoms with E-state index in [9.17, 15) is 4.79 Å². The van der Waals surface area contributed by atoms with Crippen LogP contribution in [-0.4, -0.2) is 5.78 Å². The second-order valence-corrected chi connectivity index (χ2v) is 6.85. The topological polar surface area (TPSA) is 54.0 Å². The fourth-order valence-corrected chi connectivity index (χ4v) is 3.39. The Labute approximate surface area is 165 Å². The Morgan fingerprint density at radius 3 is 2.52 bits per heavy atom. The van der Waals surface area contributed by atoms with E-state index in [1.165, 1.54) is 6.07 Å². The molecule has 0 N–H and O–H groups in total. The first-order chi connectivity index (χ1) is 13.0. The molecule has 0 unspecified atom stereocenters. The third-order valence-corrected chi connectivity index (χ3v) is 4.79. The van der Waals surface area contributed by atoms with Gasteiger partial charge in [0.15, 0.2) is 5.76 Å². The predicted octanol–water partition coefficient (Wildman–Crippen LogP) is 6.51. The quantitative estimate of drug-likeness (QED) is 0.374. The highest BCUT2D eigenvalue weighted by Gasteiger charge is 2.18. The number of halogens is 2. The molecule has 0 aliphatic carbocycles. The maximum absolute atomic E-state index is 12.7. The van der Waals surface area contributed by atoms with Crippen molar-refractivity contribution in [2.24, 2.45) is 0 Å². The molecule has 0 aliphatic rings. The summed E-state index contributed by atoms with van der Waals surface area (Å²) in [6.45, 7) is 0. The van der Waals surface area contributed by atoms with Gasteiger partial charge >= 0.3 is 0 Å². The SMILES string of the molecule is N#Cc1cccc(-c2ccc3cc(C(=O)c4ccc(Cl)cc4Cl)oc3c2)c1. The van der Waals surface area contributed by atoms with Gasteiger partial charge in [0.25, 0.3) is 0 Å². The molecular weight excluding hydrogens is 381 g/mol. The number of benzene rings is 3. The van der Waals surface area contributed by atoms with Gasteiger partial charge in [-0.1, -0.05) is 47.5 Å². The predicted molar refractivity (Wildman–Crippen MR) is 106 cm³/mol. The third kappa shape index (κ3) is 3.33. The van der Waals surface area contributed by atoms with Crippen LogP contribution in [-0.2, 0) is 0 Å². The molecular formula is C22H11Cl2NO2. The highest BCUT2D eigenvalue weighted by molar-refractivity contribution is 6.37. The van der Waals surface area contributed by atoms with Gasteiger partial charge in [-0.15, -0.1) is 0 Å². The van der Waals surface area contributed by atoms with Crippen LogP contribution in [0, 0.1) is 11.3 Å². The summed E-state index contributed by atoms with van der Waals surface area (Å²) in [4.78, 5) is 12.7. The molecule has 5 heteroatoms. The first kappa shape index (κ1) is 17.4. The van der Waals surface area contributed by atoms with Crippen molar-refractivity contribution in [3.8, 4) is 17.2 Å². The van der Waals surface area contributed by atoms with E-state index in [-0.39, 0.29) is 16.6 Å². The maximum Gasteiger partial charge on any atom is 0.229 e. The number of nitrogens with zero attached hydrogens (tertiary/aromatic N) is 1. The first-order valence-electron chi connectivity index (χ1n) is 8.09. The molecule has 0 saturated carbocycles. The number of hydrogen-bond acceptors (Lipinski definition) is 3. The molecule has 0 amide bonds. The highest BCUT2D eigenvalue weighted by atomic mass is 35.5. The summed E-state index contributed by atoms with van der Waals surface area (Å²) in [5.74, 6) is -0.0990. The van der Waals surface area contributed by atoms with Gasteiger partial charge in [-0.25, -0.2) is 0 Å². The van der Waals surface area contributed by atoms with Gasteiger partial charge in [-0.3, -0.25) is 4.79 Å². The lowest BCUT2D eigenvalue weighted by molar-refractivity contribution is 0.101. The third-order valence-electron chi connectivity index (χ3n) is 4.24. The Morgan fingerprint density at radius 1 is 0.926 bits per heavy atom. The van der Waals surface area contributed by atoms with Crippen molar-refractivity contribution in [3.63, 3.8) is 0 Å². The standard InChI is InChI=1S/C22H11Cl2NO2/c23-17-6-7-18(19(24)11-17)22(26)21-10-16-5-4-15(9-20(16)27-21)14-3-1-2-13(8-14)12-25/h1-11H. The number of carbonyl (C=O) groups excluding carboxylic acids is 1. The van der Waals surface area contributed by atoms with Gasteiger partial charge in [-0.2, -0.15) is 5.26 Å². The van der Waals surface area contributed by atoms with E-state index in [2.05, 4.69) is 6.07 Å². The summed E-state index contributed by atoms with van der Waals surface area (Å²) in [5.41, 5.74) is 3.31. The van der Waals surface area contributed by atoms with Gasteiger partial charge in [-0.05, 0) is 53.6 Å². The minimum Gasteiger partial charge on any atom is -0.453 e. The Bertz CT molecular complexity index is 1230. The van der Waals surface area contributed by atoms with E-state index in [0.717, 1.165) is 16.5 Å². The fourth-order valence-electron chi connectivity index (χ4n) is 2.90. The Balaban J connectivity index is 1.74. The molecule has 0 radical (unpaired) electrons. The zero-order chi connectivity index (χ0) is 19.0. The molecule has 4 aromatic rings. The number of ketones is 1. The monoisotopic (exact) mass is 391 g/mol. The summed E-state index contributed by atoms with van der Waals surface area (Å²) < 4.78 is 5.78. The zero-order valence-electron chi connectivity index (χ0n) is 13.9. The number of carbonyl (C=O) groups is 1. The average molecular weight is 392 g/mol. The summed E-state index contributed by atoms with van der Waals surface area (Å²) in [5, 5.41) is 10.6. The van der Waals surface area contributed by atoms with Crippen LogP contribution in [0.3, 0.4) is 0 Å². The summed E-state index contributed by atoms with van der Waals surface area (Å²) in [7, 11) is 0. The molecule has 4 rings (SSSR count). The van der Waals surface area contributed by atoms with Crippen molar-refractivity contribution >= 4 is 40.0 Å². The van der Waals surface area contributed by atoms with E-state index in [4.69, 9.17) is 32.9 Å². The molecule has 3 nitrogen and oxygen atoms in total.